The molecular formula is C21H23ClN6. The zero-order valence-electron chi connectivity index (χ0n) is 16.0. The average Bonchev–Trinajstić information content (AvgIpc) is 3.32. The largest absolute Gasteiger partial charge is 0.371 e. The normalized spacial score (nSPS) is 16.2. The molecule has 1 saturated heterocycles. The lowest BCUT2D eigenvalue weighted by atomic mass is 10.0. The van der Waals surface area contributed by atoms with Gasteiger partial charge < -0.3 is 14.8 Å². The van der Waals surface area contributed by atoms with E-state index in [2.05, 4.69) is 57.3 Å². The van der Waals surface area contributed by atoms with E-state index in [1.54, 1.807) is 0 Å². The number of likely N-dealkylation sites (tertiary alicyclic amines) is 1. The summed E-state index contributed by atoms with van der Waals surface area (Å²) in [7, 11) is 4.38. The van der Waals surface area contributed by atoms with Crippen LogP contribution in [0.5, 0.6) is 0 Å². The van der Waals surface area contributed by atoms with Crippen molar-refractivity contribution in [3.8, 4) is 11.5 Å². The average molecular weight is 395 g/mol. The summed E-state index contributed by atoms with van der Waals surface area (Å²) in [6.07, 6.45) is 2.38. The quantitative estimate of drug-likeness (QED) is 0.544. The lowest BCUT2D eigenvalue weighted by Crippen LogP contribution is -2.41. The van der Waals surface area contributed by atoms with Crippen LogP contribution >= 0.6 is 11.6 Å². The van der Waals surface area contributed by atoms with Gasteiger partial charge in [-0.15, -0.1) is 0 Å². The van der Waals surface area contributed by atoms with Crippen LogP contribution < -0.4 is 4.90 Å². The van der Waals surface area contributed by atoms with Gasteiger partial charge in [0, 0.05) is 24.2 Å². The summed E-state index contributed by atoms with van der Waals surface area (Å²) in [5.41, 5.74) is 4.81. The number of benzene rings is 2. The van der Waals surface area contributed by atoms with Gasteiger partial charge in [0.15, 0.2) is 5.82 Å². The Labute approximate surface area is 168 Å². The van der Waals surface area contributed by atoms with E-state index in [9.17, 15) is 0 Å². The van der Waals surface area contributed by atoms with E-state index >= 15 is 0 Å². The molecule has 0 radical (unpaired) electrons. The number of anilines is 1. The standard InChI is InChI=1S/C21H23ClN6/c1-27-10-8-13(9-11-27)28(2)14-6-7-16-18(12-14)24-21(23-16)20-19-15(22)4-3-5-17(19)25-26-20/h3-7,12-13H,8-11H2,1-2H3,(H,23,24)(H,25,26). The van der Waals surface area contributed by atoms with Gasteiger partial charge in [-0.2, -0.15) is 5.10 Å². The smallest absolute Gasteiger partial charge is 0.159 e. The number of halogens is 1. The molecule has 0 saturated carbocycles. The molecule has 2 aromatic heterocycles. The van der Waals surface area contributed by atoms with Crippen molar-refractivity contribution in [3.05, 3.63) is 41.4 Å². The van der Waals surface area contributed by atoms with Gasteiger partial charge in [0.1, 0.15) is 5.69 Å². The van der Waals surface area contributed by atoms with Gasteiger partial charge in [-0.05, 0) is 63.3 Å². The highest BCUT2D eigenvalue weighted by atomic mass is 35.5. The number of imidazole rings is 1. The van der Waals surface area contributed by atoms with Crippen LogP contribution in [0.25, 0.3) is 33.5 Å². The third-order valence-electron chi connectivity index (χ3n) is 5.87. The summed E-state index contributed by atoms with van der Waals surface area (Å²) >= 11 is 6.40. The first kappa shape index (κ1) is 17.5. The Kier molecular flexibility index (Phi) is 4.25. The summed E-state index contributed by atoms with van der Waals surface area (Å²) in [5.74, 6) is 0.730. The number of aromatic nitrogens is 4. The second-order valence-corrected chi connectivity index (χ2v) is 8.07. The topological polar surface area (TPSA) is 63.8 Å². The van der Waals surface area contributed by atoms with Crippen LogP contribution in [0.4, 0.5) is 5.69 Å². The Morgan fingerprint density at radius 3 is 2.79 bits per heavy atom. The van der Waals surface area contributed by atoms with Crippen molar-refractivity contribution in [1.82, 2.24) is 25.1 Å². The molecule has 0 atom stereocenters. The monoisotopic (exact) mass is 394 g/mol. The first-order chi connectivity index (χ1) is 13.6. The lowest BCUT2D eigenvalue weighted by molar-refractivity contribution is 0.253. The van der Waals surface area contributed by atoms with Crippen molar-refractivity contribution >= 4 is 39.2 Å². The van der Waals surface area contributed by atoms with E-state index in [1.165, 1.54) is 18.5 Å². The molecule has 7 heteroatoms. The number of nitrogens with one attached hydrogen (secondary N) is 2. The molecule has 6 nitrogen and oxygen atoms in total. The predicted octanol–water partition coefficient (Wildman–Crippen LogP) is 4.29. The van der Waals surface area contributed by atoms with Crippen LogP contribution in [-0.2, 0) is 0 Å². The van der Waals surface area contributed by atoms with E-state index in [4.69, 9.17) is 16.6 Å². The fraction of sp³-hybridized carbons (Fsp3) is 0.333. The van der Waals surface area contributed by atoms with Gasteiger partial charge in [-0.1, -0.05) is 17.7 Å². The number of rotatable bonds is 3. The Morgan fingerprint density at radius 1 is 1.14 bits per heavy atom. The number of aromatic amines is 2. The first-order valence-corrected chi connectivity index (χ1v) is 10.0. The molecule has 0 unspecified atom stereocenters. The molecule has 1 fully saturated rings. The number of H-pyrrole nitrogens is 2. The molecule has 3 heterocycles. The molecular weight excluding hydrogens is 372 g/mol. The van der Waals surface area contributed by atoms with Gasteiger partial charge in [0.05, 0.1) is 21.6 Å². The molecule has 2 N–H and O–H groups in total. The van der Waals surface area contributed by atoms with E-state index in [0.717, 1.165) is 46.5 Å². The third-order valence-corrected chi connectivity index (χ3v) is 6.19. The van der Waals surface area contributed by atoms with Crippen LogP contribution in [0.1, 0.15) is 12.8 Å². The number of hydrogen-bond acceptors (Lipinski definition) is 4. The Hall–Kier alpha value is -2.57. The van der Waals surface area contributed by atoms with Gasteiger partial charge in [0.25, 0.3) is 0 Å². The zero-order chi connectivity index (χ0) is 19.3. The summed E-state index contributed by atoms with van der Waals surface area (Å²) in [6, 6.07) is 12.7. The summed E-state index contributed by atoms with van der Waals surface area (Å²) < 4.78 is 0. The predicted molar refractivity (Wildman–Crippen MR) is 115 cm³/mol. The third kappa shape index (κ3) is 2.93. The highest BCUT2D eigenvalue weighted by Crippen LogP contribution is 2.32. The van der Waals surface area contributed by atoms with E-state index in [1.807, 2.05) is 18.2 Å². The molecule has 0 aliphatic carbocycles. The maximum absolute atomic E-state index is 6.40. The minimum atomic E-state index is 0.574. The highest BCUT2D eigenvalue weighted by Gasteiger charge is 2.21. The van der Waals surface area contributed by atoms with Gasteiger partial charge in [-0.25, -0.2) is 4.98 Å². The lowest BCUT2D eigenvalue weighted by Gasteiger charge is -2.36. The fourth-order valence-corrected chi connectivity index (χ4v) is 4.39. The van der Waals surface area contributed by atoms with Crippen molar-refractivity contribution in [3.63, 3.8) is 0 Å². The minimum Gasteiger partial charge on any atom is -0.371 e. The second-order valence-electron chi connectivity index (χ2n) is 7.67. The SMILES string of the molecule is CN1CCC(N(C)c2ccc3nc(-c4n[nH]c5cccc(Cl)c45)[nH]c3c2)CC1. The maximum atomic E-state index is 6.40. The summed E-state index contributed by atoms with van der Waals surface area (Å²) in [5, 5.41) is 9.05. The Balaban J connectivity index is 1.50. The van der Waals surface area contributed by atoms with Gasteiger partial charge >= 0.3 is 0 Å². The van der Waals surface area contributed by atoms with Crippen LogP contribution in [0, 0.1) is 0 Å². The maximum Gasteiger partial charge on any atom is 0.159 e. The van der Waals surface area contributed by atoms with E-state index < -0.39 is 0 Å². The molecule has 0 spiro atoms. The van der Waals surface area contributed by atoms with Crippen molar-refractivity contribution in [2.24, 2.45) is 0 Å². The molecule has 5 rings (SSSR count). The Bertz CT molecular complexity index is 1140. The molecule has 1 aliphatic heterocycles. The fourth-order valence-electron chi connectivity index (χ4n) is 4.12. The molecule has 2 aromatic carbocycles. The first-order valence-electron chi connectivity index (χ1n) is 9.64. The van der Waals surface area contributed by atoms with Gasteiger partial charge in [-0.3, -0.25) is 5.10 Å². The number of nitrogens with zero attached hydrogens (tertiary/aromatic N) is 4. The van der Waals surface area contributed by atoms with Crippen LogP contribution in [-0.4, -0.2) is 58.3 Å². The van der Waals surface area contributed by atoms with Crippen molar-refractivity contribution in [1.29, 1.82) is 0 Å². The van der Waals surface area contributed by atoms with E-state index in [0.29, 0.717) is 11.1 Å². The van der Waals surface area contributed by atoms with Crippen molar-refractivity contribution < 1.29 is 0 Å². The molecule has 0 amide bonds. The molecule has 28 heavy (non-hydrogen) atoms. The van der Waals surface area contributed by atoms with E-state index in [-0.39, 0.29) is 0 Å². The van der Waals surface area contributed by atoms with Crippen molar-refractivity contribution in [2.75, 3.05) is 32.1 Å². The number of piperidine rings is 1. The molecule has 0 bridgehead atoms. The van der Waals surface area contributed by atoms with Crippen LogP contribution in [0.15, 0.2) is 36.4 Å². The summed E-state index contributed by atoms with van der Waals surface area (Å²) in [4.78, 5) is 13.0. The number of fused-ring (bicyclic) bond motifs is 2. The highest BCUT2D eigenvalue weighted by molar-refractivity contribution is 6.36. The number of hydrogen-bond donors (Lipinski definition) is 2. The summed E-state index contributed by atoms with van der Waals surface area (Å²) in [6.45, 7) is 2.30. The second kappa shape index (κ2) is 6.79. The Morgan fingerprint density at radius 2 is 1.96 bits per heavy atom. The van der Waals surface area contributed by atoms with Crippen LogP contribution in [0.2, 0.25) is 5.02 Å². The molecule has 144 valence electrons. The van der Waals surface area contributed by atoms with Crippen molar-refractivity contribution in [2.45, 2.75) is 18.9 Å². The molecule has 4 aromatic rings. The van der Waals surface area contributed by atoms with Gasteiger partial charge in [0.2, 0.25) is 0 Å². The molecule has 1 aliphatic rings. The minimum absolute atomic E-state index is 0.574. The van der Waals surface area contributed by atoms with Crippen LogP contribution in [0.3, 0.4) is 0 Å². The zero-order valence-corrected chi connectivity index (χ0v) is 16.8.